The molecule has 8 heteroatoms. The summed E-state index contributed by atoms with van der Waals surface area (Å²) in [6, 6.07) is 12.8. The lowest BCUT2D eigenvalue weighted by atomic mass is 9.88. The van der Waals surface area contributed by atoms with E-state index in [9.17, 15) is 9.59 Å². The van der Waals surface area contributed by atoms with Crippen molar-refractivity contribution in [1.82, 2.24) is 9.66 Å². The predicted molar refractivity (Wildman–Crippen MR) is 136 cm³/mol. The Hall–Kier alpha value is -3.00. The molecule has 0 aliphatic heterocycles. The van der Waals surface area contributed by atoms with E-state index in [1.165, 1.54) is 11.1 Å². The van der Waals surface area contributed by atoms with E-state index in [2.05, 4.69) is 21.0 Å². The highest BCUT2D eigenvalue weighted by Crippen LogP contribution is 2.32. The summed E-state index contributed by atoms with van der Waals surface area (Å²) in [7, 11) is 0. The number of aromatic nitrogens is 2. The second kappa shape index (κ2) is 11.0. The minimum Gasteiger partial charge on any atom is -0.478 e. The highest BCUT2D eigenvalue weighted by atomic mass is 79.9. The van der Waals surface area contributed by atoms with Gasteiger partial charge in [-0.2, -0.15) is 9.78 Å². The Morgan fingerprint density at radius 1 is 1.24 bits per heavy atom. The summed E-state index contributed by atoms with van der Waals surface area (Å²) >= 11 is 3.49. The maximum atomic E-state index is 13.3. The summed E-state index contributed by atoms with van der Waals surface area (Å²) in [5.74, 6) is 1.04. The number of para-hydroxylation sites is 1. The molecule has 0 bridgehead atoms. The lowest BCUT2D eigenvalue weighted by molar-refractivity contribution is -0.150. The van der Waals surface area contributed by atoms with Crippen LogP contribution in [0.25, 0.3) is 10.9 Å². The molecular weight excluding hydrogens is 498 g/mol. The Balaban J connectivity index is 1.64. The van der Waals surface area contributed by atoms with Gasteiger partial charge in [0.05, 0.1) is 28.2 Å². The number of carbonyl (C=O) groups is 1. The van der Waals surface area contributed by atoms with Crippen LogP contribution < -0.4 is 10.3 Å². The molecule has 1 saturated carbocycles. The number of hydrogen-bond donors (Lipinski definition) is 0. The van der Waals surface area contributed by atoms with Crippen LogP contribution in [0.4, 0.5) is 0 Å². The third kappa shape index (κ3) is 5.38. The van der Waals surface area contributed by atoms with Crippen molar-refractivity contribution < 1.29 is 14.3 Å². The Morgan fingerprint density at radius 3 is 2.74 bits per heavy atom. The highest BCUT2D eigenvalue weighted by molar-refractivity contribution is 9.10. The van der Waals surface area contributed by atoms with Crippen molar-refractivity contribution in [2.45, 2.75) is 58.0 Å². The van der Waals surface area contributed by atoms with Gasteiger partial charge in [0, 0.05) is 5.92 Å². The number of rotatable bonds is 7. The van der Waals surface area contributed by atoms with Crippen molar-refractivity contribution in [3.05, 3.63) is 68.7 Å². The summed E-state index contributed by atoms with van der Waals surface area (Å²) in [6.45, 7) is 3.70. The number of carbonyl (C=O) groups excluding carboxylic acids is 1. The van der Waals surface area contributed by atoms with Crippen molar-refractivity contribution >= 4 is 39.0 Å². The average Bonchev–Trinajstić information content (AvgIpc) is 2.85. The zero-order valence-electron chi connectivity index (χ0n) is 19.4. The number of ether oxygens (including phenoxy) is 2. The smallest absolute Gasteiger partial charge is 0.347 e. The zero-order valence-corrected chi connectivity index (χ0v) is 21.0. The molecule has 0 spiro atoms. The van der Waals surface area contributed by atoms with Gasteiger partial charge < -0.3 is 9.47 Å². The fourth-order valence-corrected chi connectivity index (χ4v) is 4.68. The Labute approximate surface area is 206 Å². The number of fused-ring (bicyclic) bond motifs is 1. The quantitative estimate of drug-likeness (QED) is 0.303. The van der Waals surface area contributed by atoms with Crippen molar-refractivity contribution in [2.24, 2.45) is 5.10 Å². The van der Waals surface area contributed by atoms with Gasteiger partial charge in [-0.15, -0.1) is 0 Å². The summed E-state index contributed by atoms with van der Waals surface area (Å²) in [6.07, 6.45) is 6.43. The molecule has 0 radical (unpaired) electrons. The first-order valence-corrected chi connectivity index (χ1v) is 12.5. The van der Waals surface area contributed by atoms with Crippen LogP contribution in [0.1, 0.15) is 63.3 Å². The van der Waals surface area contributed by atoms with Gasteiger partial charge in [0.2, 0.25) is 0 Å². The second-order valence-corrected chi connectivity index (χ2v) is 9.24. The highest BCUT2D eigenvalue weighted by Gasteiger charge is 2.22. The maximum Gasteiger partial charge on any atom is 0.347 e. The molecule has 1 fully saturated rings. The lowest BCUT2D eigenvalue weighted by Crippen LogP contribution is -2.26. The largest absolute Gasteiger partial charge is 0.478 e. The SMILES string of the molecule is CCOC(=O)[C@H](C)Oc1ccc(C=Nn2c(C3CCCCC3)nc3ccccc3c2=O)cc1Br. The van der Waals surface area contributed by atoms with Crippen LogP contribution in [0, 0.1) is 0 Å². The normalized spacial score (nSPS) is 15.5. The Kier molecular flexibility index (Phi) is 7.77. The van der Waals surface area contributed by atoms with Crippen LogP contribution in [-0.2, 0) is 9.53 Å². The average molecular weight is 526 g/mol. The topological polar surface area (TPSA) is 82.8 Å². The third-order valence-corrected chi connectivity index (χ3v) is 6.57. The molecule has 3 aromatic rings. The fraction of sp³-hybridized carbons (Fsp3) is 0.385. The molecule has 0 unspecified atom stereocenters. The molecule has 1 aromatic heterocycles. The summed E-state index contributed by atoms with van der Waals surface area (Å²) in [5, 5.41) is 5.12. The first-order chi connectivity index (χ1) is 16.5. The van der Waals surface area contributed by atoms with Gasteiger partial charge in [-0.1, -0.05) is 31.4 Å². The summed E-state index contributed by atoms with van der Waals surface area (Å²) in [4.78, 5) is 30.0. The second-order valence-electron chi connectivity index (χ2n) is 8.39. The van der Waals surface area contributed by atoms with E-state index in [0.29, 0.717) is 27.7 Å². The van der Waals surface area contributed by atoms with Gasteiger partial charge in [0.25, 0.3) is 5.56 Å². The fourth-order valence-electron chi connectivity index (χ4n) is 4.19. The molecule has 0 amide bonds. The van der Waals surface area contributed by atoms with Crippen LogP contribution >= 0.6 is 15.9 Å². The first-order valence-electron chi connectivity index (χ1n) is 11.7. The minimum atomic E-state index is -0.726. The third-order valence-electron chi connectivity index (χ3n) is 5.95. The number of halogens is 1. The zero-order chi connectivity index (χ0) is 24.1. The van der Waals surface area contributed by atoms with Crippen LogP contribution in [-0.4, -0.2) is 34.6 Å². The molecular formula is C26H28BrN3O4. The predicted octanol–water partition coefficient (Wildman–Crippen LogP) is 5.42. The number of nitrogens with zero attached hydrogens (tertiary/aromatic N) is 3. The molecule has 0 N–H and O–H groups in total. The van der Waals surface area contributed by atoms with Gasteiger partial charge in [-0.25, -0.2) is 9.78 Å². The van der Waals surface area contributed by atoms with Gasteiger partial charge >= 0.3 is 5.97 Å². The van der Waals surface area contributed by atoms with E-state index < -0.39 is 12.1 Å². The van der Waals surface area contributed by atoms with E-state index >= 15 is 0 Å². The standard InChI is InChI=1S/C26H28BrN3O4/c1-3-33-26(32)17(2)34-23-14-13-18(15-21(23)27)16-28-30-24(19-9-5-4-6-10-19)29-22-12-8-7-11-20(22)25(30)31/h7-8,11-17,19H,3-6,9-10H2,1-2H3/t17-/m0/s1. The van der Waals surface area contributed by atoms with E-state index in [0.717, 1.165) is 37.1 Å². The molecule has 34 heavy (non-hydrogen) atoms. The van der Waals surface area contributed by atoms with Gasteiger partial charge in [0.1, 0.15) is 11.6 Å². The van der Waals surface area contributed by atoms with Crippen LogP contribution in [0.5, 0.6) is 5.75 Å². The molecule has 2 aromatic carbocycles. The minimum absolute atomic E-state index is 0.162. The van der Waals surface area contributed by atoms with E-state index in [4.69, 9.17) is 14.5 Å². The Bertz CT molecular complexity index is 1260. The Morgan fingerprint density at radius 2 is 2.00 bits per heavy atom. The number of hydrogen-bond acceptors (Lipinski definition) is 6. The molecule has 1 aliphatic carbocycles. The van der Waals surface area contributed by atoms with E-state index in [1.54, 1.807) is 32.2 Å². The molecule has 1 heterocycles. The lowest BCUT2D eigenvalue weighted by Gasteiger charge is -2.22. The van der Waals surface area contributed by atoms with E-state index in [-0.39, 0.29) is 11.5 Å². The van der Waals surface area contributed by atoms with Crippen LogP contribution in [0.15, 0.2) is 56.8 Å². The van der Waals surface area contributed by atoms with Gasteiger partial charge in [0.15, 0.2) is 6.10 Å². The molecule has 178 valence electrons. The van der Waals surface area contributed by atoms with Gasteiger partial charge in [-0.05, 0) is 78.5 Å². The van der Waals surface area contributed by atoms with Gasteiger partial charge in [-0.3, -0.25) is 4.79 Å². The van der Waals surface area contributed by atoms with Crippen molar-refractivity contribution in [3.63, 3.8) is 0 Å². The first kappa shape index (κ1) is 24.1. The summed E-state index contributed by atoms with van der Waals surface area (Å²) < 4.78 is 12.8. The monoisotopic (exact) mass is 525 g/mol. The molecule has 4 rings (SSSR count). The van der Waals surface area contributed by atoms with Crippen molar-refractivity contribution in [2.75, 3.05) is 6.61 Å². The summed E-state index contributed by atoms with van der Waals surface area (Å²) in [5.41, 5.74) is 1.32. The maximum absolute atomic E-state index is 13.3. The molecule has 0 saturated heterocycles. The molecule has 7 nitrogen and oxygen atoms in total. The van der Waals surface area contributed by atoms with Crippen molar-refractivity contribution in [1.29, 1.82) is 0 Å². The van der Waals surface area contributed by atoms with Crippen LogP contribution in [0.3, 0.4) is 0 Å². The van der Waals surface area contributed by atoms with E-state index in [1.807, 2.05) is 30.3 Å². The number of benzene rings is 2. The molecule has 1 atom stereocenters. The number of esters is 1. The van der Waals surface area contributed by atoms with Crippen molar-refractivity contribution in [3.8, 4) is 5.75 Å². The van der Waals surface area contributed by atoms with Crippen LogP contribution in [0.2, 0.25) is 0 Å². The molecule has 1 aliphatic rings.